The first-order valence-corrected chi connectivity index (χ1v) is 4.77. The number of nitrogens with two attached hydrogens (primary N) is 1. The van der Waals surface area contributed by atoms with Crippen molar-refractivity contribution in [1.29, 1.82) is 0 Å². The normalized spacial score (nSPS) is 10.3. The molecule has 0 heterocycles. The summed E-state index contributed by atoms with van der Waals surface area (Å²) in [4.78, 5) is 4.48. The van der Waals surface area contributed by atoms with Gasteiger partial charge in [-0.15, -0.1) is 0 Å². The van der Waals surface area contributed by atoms with Crippen LogP contribution in [0.2, 0.25) is 5.02 Å². The van der Waals surface area contributed by atoms with Gasteiger partial charge in [0.1, 0.15) is 0 Å². The zero-order valence-corrected chi connectivity index (χ0v) is 8.26. The maximum absolute atomic E-state index is 5.76. The van der Waals surface area contributed by atoms with Gasteiger partial charge in [0.15, 0.2) is 0 Å². The van der Waals surface area contributed by atoms with Gasteiger partial charge in [-0.1, -0.05) is 23.7 Å². The van der Waals surface area contributed by atoms with Gasteiger partial charge in [-0.25, -0.2) is 5.90 Å². The molecule has 0 unspecified atom stereocenters. The van der Waals surface area contributed by atoms with Crippen LogP contribution in [0.25, 0.3) is 0 Å². The van der Waals surface area contributed by atoms with Gasteiger partial charge in [0, 0.05) is 5.02 Å². The van der Waals surface area contributed by atoms with Crippen LogP contribution in [0.15, 0.2) is 24.3 Å². The Labute approximate surface area is 83.6 Å². The number of aryl methyl sites for hydroxylation is 1. The van der Waals surface area contributed by atoms with Gasteiger partial charge in [0.05, 0.1) is 6.61 Å². The molecule has 13 heavy (non-hydrogen) atoms. The molecule has 0 atom stereocenters. The number of rotatable bonds is 5. The van der Waals surface area contributed by atoms with Crippen molar-refractivity contribution in [1.82, 2.24) is 0 Å². The SMILES string of the molecule is NOCCCCc1ccc(Cl)cc1. The fourth-order valence-corrected chi connectivity index (χ4v) is 1.29. The fourth-order valence-electron chi connectivity index (χ4n) is 1.17. The summed E-state index contributed by atoms with van der Waals surface area (Å²) in [6, 6.07) is 7.92. The van der Waals surface area contributed by atoms with Crippen LogP contribution >= 0.6 is 11.6 Å². The predicted octanol–water partition coefficient (Wildman–Crippen LogP) is 2.55. The summed E-state index contributed by atoms with van der Waals surface area (Å²) in [5.74, 6) is 4.91. The van der Waals surface area contributed by atoms with Crippen molar-refractivity contribution < 1.29 is 4.84 Å². The van der Waals surface area contributed by atoms with E-state index in [9.17, 15) is 0 Å². The molecule has 0 aliphatic carbocycles. The van der Waals surface area contributed by atoms with Crippen LogP contribution in [0.4, 0.5) is 0 Å². The van der Waals surface area contributed by atoms with Gasteiger partial charge in [0.2, 0.25) is 0 Å². The summed E-state index contributed by atoms with van der Waals surface area (Å²) < 4.78 is 0. The van der Waals surface area contributed by atoms with E-state index in [0.29, 0.717) is 6.61 Å². The van der Waals surface area contributed by atoms with Crippen LogP contribution in [-0.4, -0.2) is 6.61 Å². The first-order valence-electron chi connectivity index (χ1n) is 4.39. The smallest absolute Gasteiger partial charge is 0.0679 e. The lowest BCUT2D eigenvalue weighted by atomic mass is 10.1. The number of unbranched alkanes of at least 4 members (excludes halogenated alkanes) is 1. The Hall–Kier alpha value is -0.570. The molecule has 0 saturated heterocycles. The number of halogens is 1. The van der Waals surface area contributed by atoms with Crippen molar-refractivity contribution in [3.05, 3.63) is 34.9 Å². The second-order valence-electron chi connectivity index (χ2n) is 2.95. The Morgan fingerprint density at radius 3 is 2.46 bits per heavy atom. The van der Waals surface area contributed by atoms with E-state index in [1.165, 1.54) is 5.56 Å². The van der Waals surface area contributed by atoms with Crippen molar-refractivity contribution in [3.63, 3.8) is 0 Å². The third-order valence-electron chi connectivity index (χ3n) is 1.89. The molecule has 0 spiro atoms. The molecule has 1 aromatic rings. The monoisotopic (exact) mass is 199 g/mol. The second-order valence-corrected chi connectivity index (χ2v) is 3.39. The topological polar surface area (TPSA) is 35.2 Å². The first-order chi connectivity index (χ1) is 6.33. The Morgan fingerprint density at radius 1 is 1.15 bits per heavy atom. The minimum Gasteiger partial charge on any atom is -0.305 e. The van der Waals surface area contributed by atoms with Crippen molar-refractivity contribution in [2.24, 2.45) is 5.90 Å². The van der Waals surface area contributed by atoms with Gasteiger partial charge >= 0.3 is 0 Å². The van der Waals surface area contributed by atoms with E-state index >= 15 is 0 Å². The molecule has 1 aromatic carbocycles. The van der Waals surface area contributed by atoms with E-state index < -0.39 is 0 Å². The van der Waals surface area contributed by atoms with E-state index in [4.69, 9.17) is 17.5 Å². The van der Waals surface area contributed by atoms with Gasteiger partial charge in [0.25, 0.3) is 0 Å². The van der Waals surface area contributed by atoms with Crippen LogP contribution in [-0.2, 0) is 11.3 Å². The highest BCUT2D eigenvalue weighted by Gasteiger charge is 1.93. The van der Waals surface area contributed by atoms with E-state index in [1.54, 1.807) is 0 Å². The number of hydrogen-bond acceptors (Lipinski definition) is 2. The second kappa shape index (κ2) is 5.97. The van der Waals surface area contributed by atoms with Crippen LogP contribution < -0.4 is 5.90 Å². The molecule has 72 valence electrons. The van der Waals surface area contributed by atoms with Gasteiger partial charge < -0.3 is 4.84 Å². The average molecular weight is 200 g/mol. The minimum absolute atomic E-state index is 0.633. The number of hydrogen-bond donors (Lipinski definition) is 1. The Morgan fingerprint density at radius 2 is 1.85 bits per heavy atom. The molecule has 0 saturated carbocycles. The third kappa shape index (κ3) is 4.27. The summed E-state index contributed by atoms with van der Waals surface area (Å²) in [6.07, 6.45) is 3.15. The molecule has 0 radical (unpaired) electrons. The third-order valence-corrected chi connectivity index (χ3v) is 2.14. The van der Waals surface area contributed by atoms with E-state index in [0.717, 1.165) is 24.3 Å². The molecular weight excluding hydrogens is 186 g/mol. The highest BCUT2D eigenvalue weighted by atomic mass is 35.5. The maximum Gasteiger partial charge on any atom is 0.0679 e. The molecule has 1 rings (SSSR count). The van der Waals surface area contributed by atoms with Crippen LogP contribution in [0.1, 0.15) is 18.4 Å². The maximum atomic E-state index is 5.76. The van der Waals surface area contributed by atoms with Crippen molar-refractivity contribution in [2.75, 3.05) is 6.61 Å². The van der Waals surface area contributed by atoms with Crippen LogP contribution in [0, 0.1) is 0 Å². The largest absolute Gasteiger partial charge is 0.305 e. The van der Waals surface area contributed by atoms with Crippen molar-refractivity contribution in [3.8, 4) is 0 Å². The molecule has 0 amide bonds. The minimum atomic E-state index is 0.633. The molecule has 0 fully saturated rings. The summed E-state index contributed by atoms with van der Waals surface area (Å²) in [5, 5.41) is 0.786. The lowest BCUT2D eigenvalue weighted by molar-refractivity contribution is 0.134. The summed E-state index contributed by atoms with van der Waals surface area (Å²) >= 11 is 5.76. The van der Waals surface area contributed by atoms with E-state index in [1.807, 2.05) is 24.3 Å². The summed E-state index contributed by atoms with van der Waals surface area (Å²) in [7, 11) is 0. The molecule has 0 bridgehead atoms. The van der Waals surface area contributed by atoms with E-state index in [2.05, 4.69) is 4.84 Å². The predicted molar refractivity (Wildman–Crippen MR) is 54.5 cm³/mol. The van der Waals surface area contributed by atoms with Gasteiger partial charge in [-0.3, -0.25) is 0 Å². The molecule has 2 N–H and O–H groups in total. The summed E-state index contributed by atoms with van der Waals surface area (Å²) in [5.41, 5.74) is 1.31. The Bertz CT molecular complexity index is 235. The molecule has 0 aliphatic heterocycles. The standard InChI is InChI=1S/C10H14ClNO/c11-10-6-4-9(5-7-10)3-1-2-8-13-12/h4-7H,1-3,8,12H2. The first kappa shape index (κ1) is 10.5. The average Bonchev–Trinajstić information content (AvgIpc) is 2.15. The lowest BCUT2D eigenvalue weighted by Gasteiger charge is -2.00. The van der Waals surface area contributed by atoms with Crippen molar-refractivity contribution >= 4 is 11.6 Å². The highest BCUT2D eigenvalue weighted by Crippen LogP contribution is 2.11. The Balaban J connectivity index is 2.25. The zero-order chi connectivity index (χ0) is 9.52. The molecule has 0 aliphatic rings. The summed E-state index contributed by atoms with van der Waals surface area (Å²) in [6.45, 7) is 0.633. The van der Waals surface area contributed by atoms with Crippen LogP contribution in [0.3, 0.4) is 0 Å². The van der Waals surface area contributed by atoms with E-state index in [-0.39, 0.29) is 0 Å². The molecular formula is C10H14ClNO. The van der Waals surface area contributed by atoms with Gasteiger partial charge in [-0.05, 0) is 37.0 Å². The van der Waals surface area contributed by atoms with Crippen LogP contribution in [0.5, 0.6) is 0 Å². The lowest BCUT2D eigenvalue weighted by Crippen LogP contribution is -2.00. The fraction of sp³-hybridized carbons (Fsp3) is 0.400. The number of benzene rings is 1. The molecule has 0 aromatic heterocycles. The highest BCUT2D eigenvalue weighted by molar-refractivity contribution is 6.30. The molecule has 2 nitrogen and oxygen atoms in total. The Kier molecular flexibility index (Phi) is 4.83. The van der Waals surface area contributed by atoms with Gasteiger partial charge in [-0.2, -0.15) is 0 Å². The zero-order valence-electron chi connectivity index (χ0n) is 7.50. The quantitative estimate of drug-likeness (QED) is 0.585. The molecule has 3 heteroatoms. The van der Waals surface area contributed by atoms with Crippen molar-refractivity contribution in [2.45, 2.75) is 19.3 Å².